The molecule has 0 amide bonds. The molecule has 2 atom stereocenters. The molecular formula is C25H31N3O4. The Bertz CT molecular complexity index is 1080. The highest BCUT2D eigenvalue weighted by molar-refractivity contribution is 5.74. The van der Waals surface area contributed by atoms with Crippen molar-refractivity contribution in [2.75, 3.05) is 0 Å². The number of nitrogens with zero attached hydrogens (tertiary/aromatic N) is 3. The van der Waals surface area contributed by atoms with Crippen LogP contribution >= 0.6 is 0 Å². The molecule has 7 heteroatoms. The van der Waals surface area contributed by atoms with Crippen molar-refractivity contribution >= 4 is 17.0 Å². The normalized spacial score (nSPS) is 19.2. The van der Waals surface area contributed by atoms with Crippen LogP contribution in [0.5, 0.6) is 5.75 Å². The molecule has 1 saturated carbocycles. The Morgan fingerprint density at radius 2 is 1.78 bits per heavy atom. The number of aliphatic hydroxyl groups excluding tert-OH is 1. The maximum Gasteiger partial charge on any atom is 0.306 e. The van der Waals surface area contributed by atoms with Crippen LogP contribution in [0.25, 0.3) is 16.7 Å². The molecule has 1 fully saturated rings. The van der Waals surface area contributed by atoms with Crippen molar-refractivity contribution in [2.24, 2.45) is 0 Å². The smallest absolute Gasteiger partial charge is 0.306 e. The molecule has 170 valence electrons. The fourth-order valence-electron chi connectivity index (χ4n) is 4.20. The first-order chi connectivity index (χ1) is 15.2. The van der Waals surface area contributed by atoms with Gasteiger partial charge >= 0.3 is 5.97 Å². The van der Waals surface area contributed by atoms with Gasteiger partial charge in [0.25, 0.3) is 0 Å². The van der Waals surface area contributed by atoms with Crippen molar-refractivity contribution in [2.45, 2.75) is 76.9 Å². The molecule has 0 saturated heterocycles. The van der Waals surface area contributed by atoms with E-state index < -0.39 is 12.2 Å². The number of aryl methyl sites for hydroxylation is 1. The molecule has 0 spiro atoms. The van der Waals surface area contributed by atoms with E-state index in [0.717, 1.165) is 35.0 Å². The number of esters is 1. The summed E-state index contributed by atoms with van der Waals surface area (Å²) in [4.78, 5) is 13.9. The second kappa shape index (κ2) is 8.90. The number of hydrogen-bond acceptors (Lipinski definition) is 6. The van der Waals surface area contributed by atoms with Crippen molar-refractivity contribution in [3.63, 3.8) is 0 Å². The van der Waals surface area contributed by atoms with Gasteiger partial charge in [0, 0.05) is 12.0 Å². The number of rotatable bonds is 5. The molecule has 0 radical (unpaired) electrons. The minimum Gasteiger partial charge on any atom is -0.505 e. The Labute approximate surface area is 188 Å². The van der Waals surface area contributed by atoms with Gasteiger partial charge in [-0.1, -0.05) is 45.4 Å². The van der Waals surface area contributed by atoms with Crippen LogP contribution in [0.1, 0.15) is 64.0 Å². The lowest BCUT2D eigenvalue weighted by molar-refractivity contribution is -0.157. The van der Waals surface area contributed by atoms with Crippen molar-refractivity contribution in [3.8, 4) is 11.4 Å². The number of aromatic hydroxyl groups is 1. The number of aromatic nitrogens is 3. The maximum atomic E-state index is 12.4. The highest BCUT2D eigenvalue weighted by Crippen LogP contribution is 2.36. The number of fused-ring (bicyclic) bond motifs is 1. The molecule has 4 rings (SSSR count). The molecule has 0 aliphatic heterocycles. The molecule has 1 aliphatic rings. The van der Waals surface area contributed by atoms with Crippen LogP contribution in [0.4, 0.5) is 0 Å². The Morgan fingerprint density at radius 3 is 2.41 bits per heavy atom. The zero-order valence-electron chi connectivity index (χ0n) is 18.9. The van der Waals surface area contributed by atoms with E-state index >= 15 is 0 Å². The summed E-state index contributed by atoms with van der Waals surface area (Å²) in [5.41, 5.74) is 3.31. The number of phenols is 1. The first-order valence-electron chi connectivity index (χ1n) is 11.3. The summed E-state index contributed by atoms with van der Waals surface area (Å²) in [7, 11) is 0. The van der Waals surface area contributed by atoms with Gasteiger partial charge in [0.2, 0.25) is 0 Å². The third-order valence-corrected chi connectivity index (χ3v) is 6.03. The van der Waals surface area contributed by atoms with E-state index in [-0.39, 0.29) is 23.6 Å². The van der Waals surface area contributed by atoms with Crippen molar-refractivity contribution < 1.29 is 19.7 Å². The van der Waals surface area contributed by atoms with Crippen LogP contribution in [-0.4, -0.2) is 43.4 Å². The van der Waals surface area contributed by atoms with E-state index in [9.17, 15) is 15.0 Å². The summed E-state index contributed by atoms with van der Waals surface area (Å²) >= 11 is 0. The minimum absolute atomic E-state index is 0.134. The molecule has 1 heterocycles. The van der Waals surface area contributed by atoms with Crippen LogP contribution in [0, 0.1) is 0 Å². The maximum absolute atomic E-state index is 12.4. The molecule has 1 aliphatic carbocycles. The van der Waals surface area contributed by atoms with E-state index in [0.29, 0.717) is 24.9 Å². The zero-order chi connectivity index (χ0) is 22.9. The van der Waals surface area contributed by atoms with E-state index in [4.69, 9.17) is 4.74 Å². The van der Waals surface area contributed by atoms with Gasteiger partial charge in [-0.05, 0) is 54.9 Å². The third kappa shape index (κ3) is 4.78. The number of benzene rings is 2. The highest BCUT2D eigenvalue weighted by Gasteiger charge is 2.27. The van der Waals surface area contributed by atoms with Crippen LogP contribution in [0.15, 0.2) is 36.4 Å². The molecule has 1 aromatic heterocycles. The quantitative estimate of drug-likeness (QED) is 0.581. The lowest BCUT2D eigenvalue weighted by atomic mass is 9.84. The van der Waals surface area contributed by atoms with Gasteiger partial charge in [0.15, 0.2) is 0 Å². The number of hydrogen-bond donors (Lipinski definition) is 2. The number of carbonyl (C=O) groups excluding carboxylic acids is 1. The van der Waals surface area contributed by atoms with Gasteiger partial charge < -0.3 is 14.9 Å². The first-order valence-corrected chi connectivity index (χ1v) is 11.3. The molecule has 0 bridgehead atoms. The summed E-state index contributed by atoms with van der Waals surface area (Å²) in [5, 5.41) is 30.1. The van der Waals surface area contributed by atoms with Gasteiger partial charge in [-0.25, -0.2) is 0 Å². The SMILES string of the molecule is CC(C)(C)c1cc(CCC(=O)OC2CCCCC2O)cc(-n2nc3ccccc3n2)c1O. The average Bonchev–Trinajstić information content (AvgIpc) is 3.18. The van der Waals surface area contributed by atoms with Crippen LogP contribution in [-0.2, 0) is 21.4 Å². The Balaban J connectivity index is 1.59. The molecule has 2 N–H and O–H groups in total. The van der Waals surface area contributed by atoms with E-state index in [1.54, 1.807) is 0 Å². The van der Waals surface area contributed by atoms with E-state index in [1.807, 2.05) is 57.2 Å². The monoisotopic (exact) mass is 437 g/mol. The largest absolute Gasteiger partial charge is 0.505 e. The zero-order valence-corrected chi connectivity index (χ0v) is 18.9. The molecule has 32 heavy (non-hydrogen) atoms. The lowest BCUT2D eigenvalue weighted by Gasteiger charge is -2.27. The Kier molecular flexibility index (Phi) is 6.20. The number of phenolic OH excluding ortho intramolecular Hbond substituents is 1. The topological polar surface area (TPSA) is 97.5 Å². The van der Waals surface area contributed by atoms with Gasteiger partial charge in [0.1, 0.15) is 28.6 Å². The predicted molar refractivity (Wildman–Crippen MR) is 122 cm³/mol. The third-order valence-electron chi connectivity index (χ3n) is 6.03. The minimum atomic E-state index is -0.569. The van der Waals surface area contributed by atoms with Gasteiger partial charge in [-0.15, -0.1) is 15.0 Å². The van der Waals surface area contributed by atoms with Gasteiger partial charge in [0.05, 0.1) is 6.10 Å². The number of carbonyl (C=O) groups is 1. The molecular weight excluding hydrogens is 406 g/mol. The van der Waals surface area contributed by atoms with Crippen molar-refractivity contribution in [3.05, 3.63) is 47.5 Å². The fraction of sp³-hybridized carbons (Fsp3) is 0.480. The fourth-order valence-corrected chi connectivity index (χ4v) is 4.20. The van der Waals surface area contributed by atoms with Crippen LogP contribution in [0.3, 0.4) is 0 Å². The number of ether oxygens (including phenoxy) is 1. The number of aliphatic hydroxyl groups is 1. The average molecular weight is 438 g/mol. The van der Waals surface area contributed by atoms with E-state index in [1.165, 1.54) is 4.80 Å². The predicted octanol–water partition coefficient (Wildman–Crippen LogP) is 4.20. The van der Waals surface area contributed by atoms with Gasteiger partial charge in [-0.2, -0.15) is 0 Å². The van der Waals surface area contributed by atoms with Crippen LogP contribution in [0.2, 0.25) is 0 Å². The molecule has 7 nitrogen and oxygen atoms in total. The first kappa shape index (κ1) is 22.3. The Morgan fingerprint density at radius 1 is 1.12 bits per heavy atom. The van der Waals surface area contributed by atoms with Crippen LogP contribution < -0.4 is 0 Å². The van der Waals surface area contributed by atoms with Crippen molar-refractivity contribution in [1.82, 2.24) is 15.0 Å². The summed E-state index contributed by atoms with van der Waals surface area (Å²) < 4.78 is 5.53. The highest BCUT2D eigenvalue weighted by atomic mass is 16.6. The summed E-state index contributed by atoms with van der Waals surface area (Å²) in [5.74, 6) is -0.180. The summed E-state index contributed by atoms with van der Waals surface area (Å²) in [6.45, 7) is 6.09. The van der Waals surface area contributed by atoms with E-state index in [2.05, 4.69) is 10.2 Å². The lowest BCUT2D eigenvalue weighted by Crippen LogP contribution is -2.34. The molecule has 3 aromatic rings. The second-order valence-electron chi connectivity index (χ2n) is 9.62. The summed E-state index contributed by atoms with van der Waals surface area (Å²) in [6.07, 6.45) is 3.01. The second-order valence-corrected chi connectivity index (χ2v) is 9.62. The van der Waals surface area contributed by atoms with Crippen molar-refractivity contribution in [1.29, 1.82) is 0 Å². The Hall–Kier alpha value is -2.93. The molecule has 2 aromatic carbocycles. The summed E-state index contributed by atoms with van der Waals surface area (Å²) in [6, 6.07) is 11.3. The molecule has 2 unspecified atom stereocenters. The van der Waals surface area contributed by atoms with Gasteiger partial charge in [-0.3, -0.25) is 4.79 Å². The standard InChI is InChI=1S/C25H31N3O4/c1-25(2,3)17-14-16(12-13-23(30)32-22-11-7-6-10-21(22)29)15-20(24(17)31)28-26-18-8-4-5-9-19(18)27-28/h4-5,8-9,14-15,21-22,29,31H,6-7,10-13H2,1-3H3.